The number of sulfonamides is 1. The van der Waals surface area contributed by atoms with Crippen molar-refractivity contribution in [3.8, 4) is 5.75 Å². The predicted molar refractivity (Wildman–Crippen MR) is 111 cm³/mol. The number of piperidine rings is 1. The Bertz CT molecular complexity index is 1060. The minimum absolute atomic E-state index is 0.0267. The summed E-state index contributed by atoms with van der Waals surface area (Å²) < 4.78 is 37.4. The highest BCUT2D eigenvalue weighted by Gasteiger charge is 2.35. The summed E-state index contributed by atoms with van der Waals surface area (Å²) in [6.45, 7) is 0.248. The first-order valence-corrected chi connectivity index (χ1v) is 11.3. The Kier molecular flexibility index (Phi) is 7.02. The van der Waals surface area contributed by atoms with Crippen molar-refractivity contribution in [2.45, 2.75) is 17.7 Å². The van der Waals surface area contributed by atoms with Crippen molar-refractivity contribution in [3.05, 3.63) is 58.1 Å². The molecule has 1 saturated heterocycles. The van der Waals surface area contributed by atoms with E-state index in [1.165, 1.54) is 41.7 Å². The Morgan fingerprint density at radius 1 is 1.03 bits per heavy atom. The molecule has 7 nitrogen and oxygen atoms in total. The molecule has 0 unspecified atom stereocenters. The minimum atomic E-state index is -3.92. The summed E-state index contributed by atoms with van der Waals surface area (Å²) in [6.07, 6.45) is 0.583. The Hall–Kier alpha value is -2.13. The molecule has 0 bridgehead atoms. The number of ether oxygens (including phenoxy) is 2. The van der Waals surface area contributed by atoms with E-state index in [1.807, 2.05) is 0 Å². The van der Waals surface area contributed by atoms with Gasteiger partial charge in [0.1, 0.15) is 5.75 Å². The van der Waals surface area contributed by atoms with Gasteiger partial charge in [0, 0.05) is 19.2 Å². The van der Waals surface area contributed by atoms with Gasteiger partial charge in [0.25, 0.3) is 0 Å². The SMILES string of the molecule is COC(=O)c1ccccc1S(=O)(=O)N1CCC(C(=O)Oc2ccc(Cl)c(Cl)c2)CC1. The molecule has 2 aromatic carbocycles. The molecule has 0 atom stereocenters. The molecule has 30 heavy (non-hydrogen) atoms. The van der Waals surface area contributed by atoms with Gasteiger partial charge in [-0.1, -0.05) is 35.3 Å². The molecule has 0 amide bonds. The Morgan fingerprint density at radius 3 is 2.33 bits per heavy atom. The quantitative estimate of drug-likeness (QED) is 0.486. The third kappa shape index (κ3) is 4.78. The fraction of sp³-hybridized carbons (Fsp3) is 0.300. The molecule has 1 aliphatic rings. The summed E-state index contributed by atoms with van der Waals surface area (Å²) in [5, 5.41) is 0.620. The van der Waals surface area contributed by atoms with Crippen molar-refractivity contribution in [1.82, 2.24) is 4.31 Å². The van der Waals surface area contributed by atoms with Gasteiger partial charge < -0.3 is 9.47 Å². The first-order valence-electron chi connectivity index (χ1n) is 9.08. The van der Waals surface area contributed by atoms with E-state index in [0.717, 1.165) is 0 Å². The molecule has 3 rings (SSSR count). The highest BCUT2D eigenvalue weighted by atomic mass is 35.5. The summed E-state index contributed by atoms with van der Waals surface area (Å²) in [5.74, 6) is -1.37. The molecular formula is C20H19Cl2NO6S. The van der Waals surface area contributed by atoms with Gasteiger partial charge in [-0.05, 0) is 37.1 Å². The number of esters is 2. The molecule has 0 aromatic heterocycles. The average molecular weight is 472 g/mol. The van der Waals surface area contributed by atoms with Crippen molar-refractivity contribution < 1.29 is 27.5 Å². The van der Waals surface area contributed by atoms with Crippen LogP contribution < -0.4 is 4.74 Å². The van der Waals surface area contributed by atoms with Crippen LogP contribution in [-0.2, 0) is 19.6 Å². The van der Waals surface area contributed by atoms with Crippen molar-refractivity contribution in [2.24, 2.45) is 5.92 Å². The number of rotatable bonds is 5. The van der Waals surface area contributed by atoms with E-state index in [-0.39, 0.29) is 34.3 Å². The molecule has 1 heterocycles. The fourth-order valence-corrected chi connectivity index (χ4v) is 5.12. The Labute approximate surface area is 184 Å². The zero-order chi connectivity index (χ0) is 21.9. The maximum absolute atomic E-state index is 13.0. The van der Waals surface area contributed by atoms with Gasteiger partial charge in [-0.2, -0.15) is 4.31 Å². The topological polar surface area (TPSA) is 90.0 Å². The second-order valence-electron chi connectivity index (χ2n) is 6.66. The average Bonchev–Trinajstić information content (AvgIpc) is 2.75. The number of methoxy groups -OCH3 is 1. The van der Waals surface area contributed by atoms with Gasteiger partial charge in [-0.3, -0.25) is 4.79 Å². The molecular weight excluding hydrogens is 453 g/mol. The second-order valence-corrected chi connectivity index (χ2v) is 9.38. The number of halogens is 2. The molecule has 0 spiro atoms. The van der Waals surface area contributed by atoms with Crippen LogP contribution in [0.3, 0.4) is 0 Å². The van der Waals surface area contributed by atoms with Crippen LogP contribution in [0, 0.1) is 5.92 Å². The number of hydrogen-bond donors (Lipinski definition) is 0. The summed E-state index contributed by atoms with van der Waals surface area (Å²) in [6, 6.07) is 10.4. The smallest absolute Gasteiger partial charge is 0.339 e. The third-order valence-corrected chi connectivity index (χ3v) is 7.50. The molecule has 0 aliphatic carbocycles. The molecule has 1 aliphatic heterocycles. The highest BCUT2D eigenvalue weighted by molar-refractivity contribution is 7.89. The van der Waals surface area contributed by atoms with Crippen LogP contribution in [0.2, 0.25) is 10.0 Å². The molecule has 0 radical (unpaired) electrons. The van der Waals surface area contributed by atoms with E-state index in [0.29, 0.717) is 17.9 Å². The summed E-state index contributed by atoms with van der Waals surface area (Å²) in [7, 11) is -2.73. The van der Waals surface area contributed by atoms with Gasteiger partial charge in [0.2, 0.25) is 10.0 Å². The minimum Gasteiger partial charge on any atom is -0.465 e. The van der Waals surface area contributed by atoms with E-state index < -0.39 is 27.9 Å². The lowest BCUT2D eigenvalue weighted by molar-refractivity contribution is -0.140. The van der Waals surface area contributed by atoms with Crippen LogP contribution >= 0.6 is 23.2 Å². The first kappa shape index (κ1) is 22.6. The zero-order valence-electron chi connectivity index (χ0n) is 16.0. The monoisotopic (exact) mass is 471 g/mol. The van der Waals surface area contributed by atoms with Crippen LogP contribution in [0.15, 0.2) is 47.4 Å². The normalized spacial score (nSPS) is 15.6. The standard InChI is InChI=1S/C20H19Cl2NO6S/c1-28-20(25)15-4-2-3-5-18(15)30(26,27)23-10-8-13(9-11-23)19(24)29-14-6-7-16(21)17(22)12-14/h2-7,12-13H,8-11H2,1H3. The van der Waals surface area contributed by atoms with Crippen molar-refractivity contribution in [3.63, 3.8) is 0 Å². The molecule has 0 saturated carbocycles. The van der Waals surface area contributed by atoms with Gasteiger partial charge >= 0.3 is 11.9 Å². The number of benzene rings is 2. The third-order valence-electron chi connectivity index (χ3n) is 4.81. The largest absolute Gasteiger partial charge is 0.465 e. The molecule has 0 N–H and O–H groups in total. The van der Waals surface area contributed by atoms with E-state index in [2.05, 4.69) is 4.74 Å². The number of hydrogen-bond acceptors (Lipinski definition) is 6. The molecule has 1 fully saturated rings. The van der Waals surface area contributed by atoms with Crippen molar-refractivity contribution >= 4 is 45.2 Å². The lowest BCUT2D eigenvalue weighted by Gasteiger charge is -2.30. The second kappa shape index (κ2) is 9.34. The first-order chi connectivity index (χ1) is 14.2. The fourth-order valence-electron chi connectivity index (χ4n) is 3.18. The number of carbonyl (C=O) groups excluding carboxylic acids is 2. The van der Waals surface area contributed by atoms with Crippen LogP contribution in [0.4, 0.5) is 0 Å². The van der Waals surface area contributed by atoms with E-state index >= 15 is 0 Å². The lowest BCUT2D eigenvalue weighted by atomic mass is 9.98. The van der Waals surface area contributed by atoms with E-state index in [1.54, 1.807) is 12.1 Å². The van der Waals surface area contributed by atoms with Crippen LogP contribution in [-0.4, -0.2) is 44.9 Å². The summed E-state index contributed by atoms with van der Waals surface area (Å²) in [4.78, 5) is 24.3. The van der Waals surface area contributed by atoms with E-state index in [9.17, 15) is 18.0 Å². The lowest BCUT2D eigenvalue weighted by Crippen LogP contribution is -2.41. The van der Waals surface area contributed by atoms with Gasteiger partial charge in [0.05, 0.1) is 33.5 Å². The Balaban J connectivity index is 1.68. The zero-order valence-corrected chi connectivity index (χ0v) is 18.3. The van der Waals surface area contributed by atoms with Crippen LogP contribution in [0.5, 0.6) is 5.75 Å². The maximum atomic E-state index is 13.0. The van der Waals surface area contributed by atoms with Crippen molar-refractivity contribution in [2.75, 3.05) is 20.2 Å². The summed E-state index contributed by atoms with van der Waals surface area (Å²) in [5.41, 5.74) is -0.0267. The Morgan fingerprint density at radius 2 is 1.70 bits per heavy atom. The maximum Gasteiger partial charge on any atom is 0.339 e. The van der Waals surface area contributed by atoms with E-state index in [4.69, 9.17) is 27.9 Å². The summed E-state index contributed by atoms with van der Waals surface area (Å²) >= 11 is 11.8. The molecule has 10 heteroatoms. The van der Waals surface area contributed by atoms with Crippen LogP contribution in [0.25, 0.3) is 0 Å². The van der Waals surface area contributed by atoms with Crippen LogP contribution in [0.1, 0.15) is 23.2 Å². The van der Waals surface area contributed by atoms with Crippen molar-refractivity contribution in [1.29, 1.82) is 0 Å². The number of nitrogens with zero attached hydrogens (tertiary/aromatic N) is 1. The molecule has 2 aromatic rings. The predicted octanol–water partition coefficient (Wildman–Crippen LogP) is 3.79. The molecule has 160 valence electrons. The van der Waals surface area contributed by atoms with Gasteiger partial charge in [0.15, 0.2) is 0 Å². The number of carbonyl (C=O) groups is 2. The highest BCUT2D eigenvalue weighted by Crippen LogP contribution is 2.29. The van der Waals surface area contributed by atoms with Gasteiger partial charge in [-0.15, -0.1) is 0 Å². The van der Waals surface area contributed by atoms with Gasteiger partial charge in [-0.25, -0.2) is 13.2 Å².